The van der Waals surface area contributed by atoms with Crippen LogP contribution in [0.2, 0.25) is 0 Å². The Bertz CT molecular complexity index is 1120. The maximum absolute atomic E-state index is 13.5. The van der Waals surface area contributed by atoms with Crippen LogP contribution in [0, 0.1) is 20.8 Å². The van der Waals surface area contributed by atoms with Gasteiger partial charge in [0.15, 0.2) is 0 Å². The van der Waals surface area contributed by atoms with Gasteiger partial charge in [-0.2, -0.15) is 0 Å². The van der Waals surface area contributed by atoms with Gasteiger partial charge < -0.3 is 9.73 Å². The molecule has 0 atom stereocenters. The first-order valence-corrected chi connectivity index (χ1v) is 11.7. The van der Waals surface area contributed by atoms with Crippen molar-refractivity contribution in [3.05, 3.63) is 83.3 Å². The average molecular weight is 441 g/mol. The van der Waals surface area contributed by atoms with E-state index < -0.39 is 10.0 Å². The Morgan fingerprint density at radius 3 is 2.42 bits per heavy atom. The minimum atomic E-state index is -3.91. The average Bonchev–Trinajstić information content (AvgIpc) is 3.25. The number of aryl methyl sites for hydroxylation is 3. The molecule has 2 aromatic carbocycles. The van der Waals surface area contributed by atoms with Crippen LogP contribution >= 0.6 is 0 Å². The van der Waals surface area contributed by atoms with Crippen molar-refractivity contribution in [1.82, 2.24) is 5.32 Å². The first-order valence-electron chi connectivity index (χ1n) is 10.2. The van der Waals surface area contributed by atoms with Crippen LogP contribution < -0.4 is 9.62 Å². The van der Waals surface area contributed by atoms with Gasteiger partial charge >= 0.3 is 0 Å². The second-order valence-electron chi connectivity index (χ2n) is 7.58. The Kier molecular flexibility index (Phi) is 7.17. The fraction of sp³-hybridized carbons (Fsp3) is 0.292. The number of benzene rings is 2. The van der Waals surface area contributed by atoms with Crippen molar-refractivity contribution in [3.8, 4) is 0 Å². The van der Waals surface area contributed by atoms with Crippen molar-refractivity contribution >= 4 is 21.6 Å². The topological polar surface area (TPSA) is 79.6 Å². The lowest BCUT2D eigenvalue weighted by Crippen LogP contribution is -2.41. The second-order valence-corrected chi connectivity index (χ2v) is 9.44. The number of nitrogens with zero attached hydrogens (tertiary/aromatic N) is 1. The molecule has 164 valence electrons. The lowest BCUT2D eigenvalue weighted by molar-refractivity contribution is -0.119. The molecule has 31 heavy (non-hydrogen) atoms. The molecule has 1 heterocycles. The third-order valence-corrected chi connectivity index (χ3v) is 7.02. The number of amides is 1. The number of hydrogen-bond donors (Lipinski definition) is 1. The van der Waals surface area contributed by atoms with E-state index in [0.29, 0.717) is 25.1 Å². The highest BCUT2D eigenvalue weighted by Gasteiger charge is 2.28. The number of carbonyl (C=O) groups is 1. The SMILES string of the molecule is Cc1ccc(S(=O)(=O)N(CC(=O)NCCCc2ccco2)c2cccc(C)c2C)cc1. The molecule has 7 heteroatoms. The van der Waals surface area contributed by atoms with Crippen LogP contribution in [-0.2, 0) is 21.2 Å². The molecular formula is C24H28N2O4S. The summed E-state index contributed by atoms with van der Waals surface area (Å²) in [5.41, 5.74) is 3.25. The molecule has 0 fully saturated rings. The summed E-state index contributed by atoms with van der Waals surface area (Å²) in [4.78, 5) is 12.8. The maximum atomic E-state index is 13.5. The molecule has 1 aromatic heterocycles. The molecule has 3 aromatic rings. The molecule has 0 aliphatic carbocycles. The minimum Gasteiger partial charge on any atom is -0.469 e. The molecule has 0 radical (unpaired) electrons. The van der Waals surface area contributed by atoms with Gasteiger partial charge in [-0.05, 0) is 68.7 Å². The summed E-state index contributed by atoms with van der Waals surface area (Å²) in [5.74, 6) is 0.504. The molecule has 0 aliphatic rings. The Hall–Kier alpha value is -3.06. The number of sulfonamides is 1. The minimum absolute atomic E-state index is 0.157. The molecule has 0 bridgehead atoms. The van der Waals surface area contributed by atoms with E-state index >= 15 is 0 Å². The molecular weight excluding hydrogens is 412 g/mol. The highest BCUT2D eigenvalue weighted by molar-refractivity contribution is 7.92. The number of furan rings is 1. The van der Waals surface area contributed by atoms with E-state index in [9.17, 15) is 13.2 Å². The molecule has 0 saturated carbocycles. The highest BCUT2D eigenvalue weighted by atomic mass is 32.2. The fourth-order valence-electron chi connectivity index (χ4n) is 3.27. The molecule has 0 spiro atoms. The number of hydrogen-bond acceptors (Lipinski definition) is 4. The maximum Gasteiger partial charge on any atom is 0.264 e. The third kappa shape index (κ3) is 5.55. The Balaban J connectivity index is 1.79. The summed E-state index contributed by atoms with van der Waals surface area (Å²) in [6.45, 7) is 5.83. The predicted molar refractivity (Wildman–Crippen MR) is 122 cm³/mol. The lowest BCUT2D eigenvalue weighted by Gasteiger charge is -2.26. The number of anilines is 1. The predicted octanol–water partition coefficient (Wildman–Crippen LogP) is 4.15. The normalized spacial score (nSPS) is 11.3. The summed E-state index contributed by atoms with van der Waals surface area (Å²) < 4.78 is 33.4. The molecule has 0 saturated heterocycles. The first kappa shape index (κ1) is 22.6. The van der Waals surface area contributed by atoms with Crippen molar-refractivity contribution in [2.45, 2.75) is 38.5 Å². The van der Waals surface area contributed by atoms with Crippen LogP contribution in [0.3, 0.4) is 0 Å². The van der Waals surface area contributed by atoms with E-state index in [-0.39, 0.29) is 17.3 Å². The van der Waals surface area contributed by atoms with Gasteiger partial charge in [-0.25, -0.2) is 8.42 Å². The van der Waals surface area contributed by atoms with E-state index in [1.165, 1.54) is 4.31 Å². The van der Waals surface area contributed by atoms with Crippen LogP contribution in [-0.4, -0.2) is 27.4 Å². The van der Waals surface area contributed by atoms with Crippen molar-refractivity contribution in [3.63, 3.8) is 0 Å². The van der Waals surface area contributed by atoms with E-state index in [1.54, 1.807) is 42.7 Å². The van der Waals surface area contributed by atoms with Gasteiger partial charge in [0.05, 0.1) is 16.8 Å². The smallest absolute Gasteiger partial charge is 0.264 e. The molecule has 3 rings (SSSR count). The fourth-order valence-corrected chi connectivity index (χ4v) is 4.75. The van der Waals surface area contributed by atoms with Crippen LogP contribution in [0.5, 0.6) is 0 Å². The molecule has 1 N–H and O–H groups in total. The summed E-state index contributed by atoms with van der Waals surface area (Å²) in [6, 6.07) is 15.8. The summed E-state index contributed by atoms with van der Waals surface area (Å²) in [6.07, 6.45) is 3.02. The van der Waals surface area contributed by atoms with Gasteiger partial charge in [-0.3, -0.25) is 9.10 Å². The van der Waals surface area contributed by atoms with E-state index in [4.69, 9.17) is 4.42 Å². The monoisotopic (exact) mass is 440 g/mol. The summed E-state index contributed by atoms with van der Waals surface area (Å²) >= 11 is 0. The molecule has 1 amide bonds. The quantitative estimate of drug-likeness (QED) is 0.507. The van der Waals surface area contributed by atoms with Crippen LogP contribution in [0.15, 0.2) is 70.2 Å². The summed E-state index contributed by atoms with van der Waals surface area (Å²) in [5, 5.41) is 2.83. The third-order valence-electron chi connectivity index (χ3n) is 5.24. The Labute approximate surface area is 183 Å². The van der Waals surface area contributed by atoms with Gasteiger partial charge in [-0.1, -0.05) is 29.8 Å². The van der Waals surface area contributed by atoms with Crippen LogP contribution in [0.1, 0.15) is 28.9 Å². The zero-order valence-electron chi connectivity index (χ0n) is 18.1. The number of carbonyl (C=O) groups excluding carboxylic acids is 1. The van der Waals surface area contributed by atoms with Gasteiger partial charge in [0.1, 0.15) is 12.3 Å². The van der Waals surface area contributed by atoms with Gasteiger partial charge in [0, 0.05) is 13.0 Å². The van der Waals surface area contributed by atoms with Crippen molar-refractivity contribution < 1.29 is 17.6 Å². The number of rotatable bonds is 9. The van der Waals surface area contributed by atoms with Crippen molar-refractivity contribution in [1.29, 1.82) is 0 Å². The molecule has 0 aliphatic heterocycles. The van der Waals surface area contributed by atoms with Crippen LogP contribution in [0.4, 0.5) is 5.69 Å². The van der Waals surface area contributed by atoms with Crippen molar-refractivity contribution in [2.24, 2.45) is 0 Å². The Morgan fingerprint density at radius 2 is 1.74 bits per heavy atom. The standard InChI is InChI=1S/C24H28N2O4S/c1-18-11-13-22(14-12-18)31(28,29)26(23-10-4-7-19(2)20(23)3)17-24(27)25-15-5-8-21-9-6-16-30-21/h4,6-7,9-14,16H,5,8,15,17H2,1-3H3,(H,25,27). The van der Waals surface area contributed by atoms with E-state index in [2.05, 4.69) is 5.32 Å². The summed E-state index contributed by atoms with van der Waals surface area (Å²) in [7, 11) is -3.91. The molecule has 0 unspecified atom stereocenters. The van der Waals surface area contributed by atoms with Gasteiger partial charge in [0.2, 0.25) is 5.91 Å². The van der Waals surface area contributed by atoms with E-state index in [1.807, 2.05) is 39.0 Å². The van der Waals surface area contributed by atoms with E-state index in [0.717, 1.165) is 22.5 Å². The zero-order chi connectivity index (χ0) is 22.4. The van der Waals surface area contributed by atoms with Crippen molar-refractivity contribution in [2.75, 3.05) is 17.4 Å². The first-order chi connectivity index (χ1) is 14.8. The zero-order valence-corrected chi connectivity index (χ0v) is 18.9. The highest BCUT2D eigenvalue weighted by Crippen LogP contribution is 2.28. The Morgan fingerprint density at radius 1 is 1.00 bits per heavy atom. The number of nitrogens with one attached hydrogen (secondary N) is 1. The lowest BCUT2D eigenvalue weighted by atomic mass is 10.1. The van der Waals surface area contributed by atoms with Gasteiger partial charge in [-0.15, -0.1) is 0 Å². The molecule has 6 nitrogen and oxygen atoms in total. The largest absolute Gasteiger partial charge is 0.469 e. The second kappa shape index (κ2) is 9.83. The van der Waals surface area contributed by atoms with Gasteiger partial charge in [0.25, 0.3) is 10.0 Å². The van der Waals surface area contributed by atoms with Crippen LogP contribution in [0.25, 0.3) is 0 Å².